The van der Waals surface area contributed by atoms with E-state index in [1.54, 1.807) is 6.26 Å². The van der Waals surface area contributed by atoms with Crippen molar-refractivity contribution in [3.05, 3.63) is 18.6 Å². The maximum Gasteiger partial charge on any atom is 0.194 e. The smallest absolute Gasteiger partial charge is 0.194 e. The molecule has 0 atom stereocenters. The number of anilines is 1. The van der Waals surface area contributed by atoms with Crippen molar-refractivity contribution >= 4 is 5.69 Å². The van der Waals surface area contributed by atoms with E-state index < -0.39 is 0 Å². The molecule has 0 unspecified atom stereocenters. The van der Waals surface area contributed by atoms with Crippen LogP contribution in [0.4, 0.5) is 5.69 Å². The van der Waals surface area contributed by atoms with Crippen molar-refractivity contribution in [3.63, 3.8) is 0 Å². The molecule has 41 valence electrons. The molecule has 0 amide bonds. The summed E-state index contributed by atoms with van der Waals surface area (Å²) in [6, 6.07) is 1.92. The monoisotopic (exact) mass is 108 g/mol. The number of hydrogen-bond acceptors (Lipinski definition) is 2. The minimum absolute atomic E-state index is 1.09. The van der Waals surface area contributed by atoms with Crippen molar-refractivity contribution in [3.8, 4) is 0 Å². The Morgan fingerprint density at radius 1 is 1.62 bits per heavy atom. The molecule has 0 aromatic carbocycles. The molecule has 2 heteroatoms. The molecule has 1 fully saturated rings. The van der Waals surface area contributed by atoms with Crippen LogP contribution in [0.2, 0.25) is 0 Å². The van der Waals surface area contributed by atoms with Crippen LogP contribution in [0, 0.1) is 6.26 Å². The summed E-state index contributed by atoms with van der Waals surface area (Å²) in [6.45, 7) is 2.33. The molecular formula is C6H6NO. The van der Waals surface area contributed by atoms with E-state index in [0.29, 0.717) is 0 Å². The van der Waals surface area contributed by atoms with Crippen molar-refractivity contribution in [2.24, 2.45) is 0 Å². The van der Waals surface area contributed by atoms with E-state index in [4.69, 9.17) is 4.42 Å². The van der Waals surface area contributed by atoms with Gasteiger partial charge in [-0.2, -0.15) is 0 Å². The Bertz CT molecular complexity index is 165. The first-order valence-corrected chi connectivity index (χ1v) is 2.67. The number of hydrogen-bond donors (Lipinski definition) is 0. The lowest BCUT2D eigenvalue weighted by atomic mass is 10.5. The number of furan rings is 1. The van der Waals surface area contributed by atoms with E-state index in [0.717, 1.165) is 18.8 Å². The van der Waals surface area contributed by atoms with E-state index in [-0.39, 0.29) is 0 Å². The van der Waals surface area contributed by atoms with Crippen LogP contribution >= 0.6 is 0 Å². The van der Waals surface area contributed by atoms with E-state index in [9.17, 15) is 0 Å². The lowest BCUT2D eigenvalue weighted by Gasteiger charge is -1.89. The van der Waals surface area contributed by atoms with Gasteiger partial charge in [0.15, 0.2) is 6.26 Å². The minimum atomic E-state index is 1.09. The molecule has 1 aromatic heterocycles. The predicted molar refractivity (Wildman–Crippen MR) is 29.8 cm³/mol. The average Bonchev–Trinajstić information content (AvgIpc) is 2.49. The summed E-state index contributed by atoms with van der Waals surface area (Å²) in [5, 5.41) is 0. The zero-order valence-electron chi connectivity index (χ0n) is 4.42. The summed E-state index contributed by atoms with van der Waals surface area (Å²) in [6.07, 6.45) is 4.40. The van der Waals surface area contributed by atoms with Crippen LogP contribution in [-0.4, -0.2) is 13.1 Å². The van der Waals surface area contributed by atoms with E-state index in [1.165, 1.54) is 0 Å². The quantitative estimate of drug-likeness (QED) is 0.497. The lowest BCUT2D eigenvalue weighted by Crippen LogP contribution is -1.85. The van der Waals surface area contributed by atoms with Gasteiger partial charge < -0.3 is 9.32 Å². The second-order valence-electron chi connectivity index (χ2n) is 1.89. The van der Waals surface area contributed by atoms with Crippen molar-refractivity contribution in [1.29, 1.82) is 0 Å². The highest BCUT2D eigenvalue weighted by molar-refractivity contribution is 5.47. The van der Waals surface area contributed by atoms with Crippen molar-refractivity contribution < 1.29 is 4.42 Å². The Balaban J connectivity index is 2.28. The molecule has 2 heterocycles. The zero-order valence-corrected chi connectivity index (χ0v) is 4.42. The van der Waals surface area contributed by atoms with Crippen molar-refractivity contribution in [1.82, 2.24) is 0 Å². The van der Waals surface area contributed by atoms with Crippen LogP contribution in [0.5, 0.6) is 0 Å². The molecule has 8 heavy (non-hydrogen) atoms. The molecule has 2 rings (SSSR count). The topological polar surface area (TPSA) is 16.1 Å². The van der Waals surface area contributed by atoms with Gasteiger partial charge in [-0.1, -0.05) is 0 Å². The second-order valence-corrected chi connectivity index (χ2v) is 1.89. The van der Waals surface area contributed by atoms with Gasteiger partial charge in [-0.05, 0) is 0 Å². The molecule has 0 bridgehead atoms. The lowest BCUT2D eigenvalue weighted by molar-refractivity contribution is 0.558. The Morgan fingerprint density at radius 3 is 3.00 bits per heavy atom. The van der Waals surface area contributed by atoms with Gasteiger partial charge in [0.25, 0.3) is 0 Å². The first-order chi connectivity index (χ1) is 3.97. The van der Waals surface area contributed by atoms with Crippen LogP contribution in [0.3, 0.4) is 0 Å². The largest absolute Gasteiger partial charge is 0.459 e. The fourth-order valence-electron chi connectivity index (χ4n) is 0.688. The third-order valence-corrected chi connectivity index (χ3v) is 1.25. The first kappa shape index (κ1) is 4.01. The average molecular weight is 108 g/mol. The predicted octanol–water partition coefficient (Wildman–Crippen LogP) is 0.900. The van der Waals surface area contributed by atoms with Gasteiger partial charge in [-0.25, -0.2) is 0 Å². The Morgan fingerprint density at radius 2 is 2.50 bits per heavy atom. The Kier molecular flexibility index (Phi) is 0.640. The summed E-state index contributed by atoms with van der Waals surface area (Å²) < 4.78 is 4.75. The summed E-state index contributed by atoms with van der Waals surface area (Å²) in [7, 11) is 0. The summed E-state index contributed by atoms with van der Waals surface area (Å²) in [5.74, 6) is 0. The molecule has 1 saturated heterocycles. The van der Waals surface area contributed by atoms with Crippen LogP contribution in [0.25, 0.3) is 0 Å². The van der Waals surface area contributed by atoms with Gasteiger partial charge in [0, 0.05) is 19.2 Å². The molecule has 1 radical (unpaired) electrons. The molecule has 1 aromatic rings. The molecule has 0 saturated carbocycles. The van der Waals surface area contributed by atoms with Crippen LogP contribution in [0.1, 0.15) is 0 Å². The third-order valence-electron chi connectivity index (χ3n) is 1.25. The van der Waals surface area contributed by atoms with E-state index >= 15 is 0 Å². The van der Waals surface area contributed by atoms with E-state index in [2.05, 4.69) is 11.2 Å². The highest BCUT2D eigenvalue weighted by Crippen LogP contribution is 2.19. The molecule has 0 aliphatic carbocycles. The van der Waals surface area contributed by atoms with Crippen LogP contribution in [-0.2, 0) is 0 Å². The minimum Gasteiger partial charge on any atom is -0.459 e. The van der Waals surface area contributed by atoms with Gasteiger partial charge in [-0.3, -0.25) is 0 Å². The molecule has 1 aliphatic rings. The second kappa shape index (κ2) is 1.28. The Labute approximate surface area is 47.7 Å². The zero-order chi connectivity index (χ0) is 5.40. The van der Waals surface area contributed by atoms with Crippen LogP contribution < -0.4 is 4.90 Å². The molecule has 2 nitrogen and oxygen atoms in total. The van der Waals surface area contributed by atoms with Gasteiger partial charge in [0.2, 0.25) is 0 Å². The third kappa shape index (κ3) is 0.494. The maximum atomic E-state index is 4.75. The Hall–Kier alpha value is -0.920. The highest BCUT2D eigenvalue weighted by Gasteiger charge is 2.18. The van der Waals surface area contributed by atoms with Gasteiger partial charge in [-0.15, -0.1) is 0 Å². The SMILES string of the molecule is [c]1occc1N1CC1. The summed E-state index contributed by atoms with van der Waals surface area (Å²) in [4.78, 5) is 2.18. The molecule has 0 N–H and O–H groups in total. The number of rotatable bonds is 1. The standard InChI is InChI=1S/C6H6NO/c1-4-8-5-6(1)7-2-3-7/h1,4H,2-3H2. The highest BCUT2D eigenvalue weighted by atomic mass is 16.3. The molecule has 1 aliphatic heterocycles. The van der Waals surface area contributed by atoms with Crippen molar-refractivity contribution in [2.75, 3.05) is 18.0 Å². The molecular weight excluding hydrogens is 102 g/mol. The summed E-state index contributed by atoms with van der Waals surface area (Å²) >= 11 is 0. The summed E-state index contributed by atoms with van der Waals surface area (Å²) in [5.41, 5.74) is 1.09. The van der Waals surface area contributed by atoms with Gasteiger partial charge in [0.05, 0.1) is 12.0 Å². The molecule has 0 spiro atoms. The fourth-order valence-corrected chi connectivity index (χ4v) is 0.688. The van der Waals surface area contributed by atoms with Crippen molar-refractivity contribution in [2.45, 2.75) is 0 Å². The van der Waals surface area contributed by atoms with E-state index in [1.807, 2.05) is 6.07 Å². The number of nitrogens with zero attached hydrogens (tertiary/aromatic N) is 1. The normalized spacial score (nSPS) is 16.8. The first-order valence-electron chi connectivity index (χ1n) is 2.67. The van der Waals surface area contributed by atoms with Crippen LogP contribution in [0.15, 0.2) is 16.7 Å². The fraction of sp³-hybridized carbons (Fsp3) is 0.333. The van der Waals surface area contributed by atoms with Gasteiger partial charge >= 0.3 is 0 Å². The van der Waals surface area contributed by atoms with Gasteiger partial charge in [0.1, 0.15) is 0 Å². The maximum absolute atomic E-state index is 4.75.